The molecule has 2 saturated carbocycles. The molecule has 0 aromatic heterocycles. The molecule has 0 saturated heterocycles. The van der Waals surface area contributed by atoms with Gasteiger partial charge in [0.1, 0.15) is 7.85 Å². The summed E-state index contributed by atoms with van der Waals surface area (Å²) in [6.07, 6.45) is 7.46. The summed E-state index contributed by atoms with van der Waals surface area (Å²) in [5.41, 5.74) is -0.526. The fourth-order valence-electron chi connectivity index (χ4n) is 3.32. The molecule has 0 heterocycles. The molecule has 1 atom stereocenters. The van der Waals surface area contributed by atoms with E-state index in [-0.39, 0.29) is 0 Å². The molecule has 0 aromatic carbocycles. The van der Waals surface area contributed by atoms with Crippen LogP contribution in [0.25, 0.3) is 0 Å². The molecule has 2 fully saturated rings. The summed E-state index contributed by atoms with van der Waals surface area (Å²) >= 11 is 0. The van der Waals surface area contributed by atoms with Crippen molar-refractivity contribution in [3.05, 3.63) is 0 Å². The highest BCUT2D eigenvalue weighted by Gasteiger charge is 2.46. The second-order valence-electron chi connectivity index (χ2n) is 5.18. The first-order valence-electron chi connectivity index (χ1n) is 5.00. The molecule has 1 unspecified atom stereocenters. The Hall–Kier alpha value is 0.0249. The molecule has 1 nitrogen and oxygen atoms in total. The molecule has 0 spiro atoms. The minimum atomic E-state index is -0.945. The van der Waals surface area contributed by atoms with Gasteiger partial charge in [-0.2, -0.15) is 0 Å². The molecule has 0 aliphatic heterocycles. The Kier molecular flexibility index (Phi) is 1.80. The summed E-state index contributed by atoms with van der Waals surface area (Å²) in [7, 11) is 5.65. The van der Waals surface area contributed by atoms with Crippen LogP contribution in [-0.2, 0) is 0 Å². The van der Waals surface area contributed by atoms with Gasteiger partial charge in [-0.1, -0.05) is 0 Å². The summed E-state index contributed by atoms with van der Waals surface area (Å²) in [4.78, 5) is 0. The quantitative estimate of drug-likeness (QED) is 0.617. The average Bonchev–Trinajstić information content (AvgIpc) is 2.40. The van der Waals surface area contributed by atoms with E-state index in [0.29, 0.717) is 5.41 Å². The molecule has 2 aliphatic rings. The number of fused-ring (bicyclic) bond motifs is 2. The van der Waals surface area contributed by atoms with Crippen molar-refractivity contribution in [2.75, 3.05) is 0 Å². The third kappa shape index (κ3) is 1.54. The zero-order valence-electron chi connectivity index (χ0n) is 7.84. The van der Waals surface area contributed by atoms with E-state index < -0.39 is 5.50 Å². The van der Waals surface area contributed by atoms with E-state index in [1.54, 1.807) is 6.92 Å². The zero-order valence-corrected chi connectivity index (χ0v) is 7.84. The summed E-state index contributed by atoms with van der Waals surface area (Å²) in [6, 6.07) is 0. The molecule has 1 N–H and O–H groups in total. The van der Waals surface area contributed by atoms with E-state index in [1.165, 1.54) is 32.1 Å². The number of rotatable bonds is 2. The molecule has 0 aromatic rings. The van der Waals surface area contributed by atoms with Crippen molar-refractivity contribution in [3.63, 3.8) is 0 Å². The van der Waals surface area contributed by atoms with Gasteiger partial charge in [-0.25, -0.2) is 0 Å². The number of aliphatic hydroxyl groups is 1. The maximum Gasteiger partial charge on any atom is 0.112 e. The Labute approximate surface area is 76.0 Å². The lowest BCUT2D eigenvalue weighted by Gasteiger charge is -2.33. The van der Waals surface area contributed by atoms with E-state index in [4.69, 9.17) is 7.85 Å². The van der Waals surface area contributed by atoms with Gasteiger partial charge in [0.15, 0.2) is 0 Å². The third-order valence-corrected chi connectivity index (χ3v) is 3.62. The van der Waals surface area contributed by atoms with Gasteiger partial charge in [0.2, 0.25) is 0 Å². The minimum Gasteiger partial charge on any atom is -0.400 e. The molecule has 66 valence electrons. The lowest BCUT2D eigenvalue weighted by Crippen LogP contribution is -2.32. The monoisotopic (exact) mass is 164 g/mol. The summed E-state index contributed by atoms with van der Waals surface area (Å²) < 4.78 is 0. The normalized spacial score (nSPS) is 44.7. The zero-order chi connectivity index (χ0) is 8.82. The topological polar surface area (TPSA) is 20.2 Å². The van der Waals surface area contributed by atoms with Gasteiger partial charge in [-0.3, -0.25) is 0 Å². The maximum atomic E-state index is 9.57. The Morgan fingerprint density at radius 1 is 1.50 bits per heavy atom. The van der Waals surface area contributed by atoms with Crippen molar-refractivity contribution in [2.45, 2.75) is 50.9 Å². The van der Waals surface area contributed by atoms with Gasteiger partial charge in [-0.15, -0.1) is 0 Å². The van der Waals surface area contributed by atoms with Crippen LogP contribution in [0.5, 0.6) is 0 Å². The molecular weight excluding hydrogens is 147 g/mol. The van der Waals surface area contributed by atoms with Crippen LogP contribution in [0.15, 0.2) is 0 Å². The molecule has 2 radical (unpaired) electrons. The fraction of sp³-hybridized carbons (Fsp3) is 1.00. The molecule has 12 heavy (non-hydrogen) atoms. The predicted octanol–water partition coefficient (Wildman–Crippen LogP) is 1.83. The van der Waals surface area contributed by atoms with E-state index in [0.717, 1.165) is 12.3 Å². The molecule has 0 amide bonds. The van der Waals surface area contributed by atoms with Crippen molar-refractivity contribution in [2.24, 2.45) is 11.3 Å². The largest absolute Gasteiger partial charge is 0.400 e. The van der Waals surface area contributed by atoms with Crippen molar-refractivity contribution in [1.29, 1.82) is 0 Å². The van der Waals surface area contributed by atoms with Crippen LogP contribution < -0.4 is 0 Å². The van der Waals surface area contributed by atoms with Gasteiger partial charge in [0.05, 0.1) is 0 Å². The molecule has 2 rings (SSSR count). The molecule has 2 aliphatic carbocycles. The lowest BCUT2D eigenvalue weighted by molar-refractivity contribution is 0.0782. The smallest absolute Gasteiger partial charge is 0.112 e. The summed E-state index contributed by atoms with van der Waals surface area (Å²) in [5, 5.41) is 9.57. The van der Waals surface area contributed by atoms with Crippen molar-refractivity contribution in [3.8, 4) is 0 Å². The third-order valence-electron chi connectivity index (χ3n) is 3.62. The Morgan fingerprint density at radius 3 is 2.42 bits per heavy atom. The van der Waals surface area contributed by atoms with Gasteiger partial charge in [-0.05, 0) is 56.8 Å². The number of hydrogen-bond donors (Lipinski definition) is 1. The predicted molar refractivity (Wildman–Crippen MR) is 50.0 cm³/mol. The van der Waals surface area contributed by atoms with Crippen LogP contribution in [0.2, 0.25) is 0 Å². The second kappa shape index (κ2) is 2.51. The Morgan fingerprint density at radius 2 is 2.08 bits per heavy atom. The van der Waals surface area contributed by atoms with E-state index >= 15 is 0 Å². The highest BCUT2D eigenvalue weighted by Crippen LogP contribution is 2.57. The lowest BCUT2D eigenvalue weighted by atomic mass is 9.68. The van der Waals surface area contributed by atoms with Gasteiger partial charge in [0.25, 0.3) is 0 Å². The van der Waals surface area contributed by atoms with Crippen molar-refractivity contribution < 1.29 is 5.11 Å². The van der Waals surface area contributed by atoms with Crippen LogP contribution in [-0.4, -0.2) is 18.5 Å². The summed E-state index contributed by atoms with van der Waals surface area (Å²) in [5.74, 6) is 0.951. The molecule has 2 bridgehead atoms. The van der Waals surface area contributed by atoms with Crippen LogP contribution >= 0.6 is 0 Å². The van der Waals surface area contributed by atoms with Crippen LogP contribution in [0, 0.1) is 11.3 Å². The Balaban J connectivity index is 2.03. The highest BCUT2D eigenvalue weighted by molar-refractivity contribution is 6.13. The SMILES string of the molecule is [B]C(C)(O)CC12CCC(CC1)C2. The Bertz CT molecular complexity index is 175. The highest BCUT2D eigenvalue weighted by atomic mass is 16.3. The fourth-order valence-corrected chi connectivity index (χ4v) is 3.32. The van der Waals surface area contributed by atoms with Crippen molar-refractivity contribution >= 4 is 7.85 Å². The first-order chi connectivity index (χ1) is 5.49. The van der Waals surface area contributed by atoms with Gasteiger partial charge >= 0.3 is 0 Å². The van der Waals surface area contributed by atoms with Crippen molar-refractivity contribution in [1.82, 2.24) is 0 Å². The first-order valence-corrected chi connectivity index (χ1v) is 5.00. The van der Waals surface area contributed by atoms with Crippen LogP contribution in [0.1, 0.15) is 45.4 Å². The minimum absolute atomic E-state index is 0.420. The standard InChI is InChI=1S/C10H17BO/c1-9(11,12)7-10-4-2-8(6-10)3-5-10/h8,12H,2-7H2,1H3. The second-order valence-corrected chi connectivity index (χ2v) is 5.18. The maximum absolute atomic E-state index is 9.57. The number of hydrogen-bond acceptors (Lipinski definition) is 1. The first kappa shape index (κ1) is 8.62. The average molecular weight is 164 g/mol. The van der Waals surface area contributed by atoms with Gasteiger partial charge in [0, 0.05) is 5.50 Å². The van der Waals surface area contributed by atoms with Gasteiger partial charge < -0.3 is 5.11 Å². The van der Waals surface area contributed by atoms with E-state index in [2.05, 4.69) is 0 Å². The molecule has 2 heteroatoms. The molecular formula is C10H17BO. The van der Waals surface area contributed by atoms with Crippen LogP contribution in [0.4, 0.5) is 0 Å². The summed E-state index contributed by atoms with van der Waals surface area (Å²) in [6.45, 7) is 1.73. The van der Waals surface area contributed by atoms with Crippen LogP contribution in [0.3, 0.4) is 0 Å². The van der Waals surface area contributed by atoms with E-state index in [1.807, 2.05) is 0 Å². The van der Waals surface area contributed by atoms with E-state index in [9.17, 15) is 5.11 Å².